The zero-order valence-electron chi connectivity index (χ0n) is 13.4. The zero-order valence-corrected chi connectivity index (χ0v) is 13.4. The number of fused-ring (bicyclic) bond motifs is 1. The van der Waals surface area contributed by atoms with Crippen molar-refractivity contribution in [2.75, 3.05) is 13.1 Å². The molecule has 1 heterocycles. The number of rotatable bonds is 4. The molecular weight excluding hydrogens is 274 g/mol. The quantitative estimate of drug-likeness (QED) is 0.799. The summed E-state index contributed by atoms with van der Waals surface area (Å²) in [6.45, 7) is 3.94. The minimum Gasteiger partial charge on any atom is -0.343 e. The molecule has 1 aliphatic carbocycles. The summed E-state index contributed by atoms with van der Waals surface area (Å²) in [6.07, 6.45) is 6.28. The SMILES string of the molecule is CC1CCN(C(=O)CCC(=O)c2ccc3c(c2)CCC3)CC1. The van der Waals surface area contributed by atoms with Gasteiger partial charge in [0.05, 0.1) is 0 Å². The van der Waals surface area contributed by atoms with Gasteiger partial charge in [-0.15, -0.1) is 0 Å². The van der Waals surface area contributed by atoms with E-state index in [1.54, 1.807) is 0 Å². The second-order valence-corrected chi connectivity index (χ2v) is 6.82. The van der Waals surface area contributed by atoms with Gasteiger partial charge in [-0.05, 0) is 55.2 Å². The number of carbonyl (C=O) groups is 2. The molecule has 3 heteroatoms. The highest BCUT2D eigenvalue weighted by Gasteiger charge is 2.21. The van der Waals surface area contributed by atoms with Crippen molar-refractivity contribution in [3.63, 3.8) is 0 Å². The molecule has 0 bridgehead atoms. The molecule has 1 aliphatic heterocycles. The topological polar surface area (TPSA) is 37.4 Å². The Morgan fingerprint density at radius 2 is 1.82 bits per heavy atom. The Morgan fingerprint density at radius 3 is 2.59 bits per heavy atom. The van der Waals surface area contributed by atoms with Crippen molar-refractivity contribution in [1.82, 2.24) is 4.90 Å². The summed E-state index contributed by atoms with van der Waals surface area (Å²) in [5.41, 5.74) is 3.48. The maximum absolute atomic E-state index is 12.3. The predicted molar refractivity (Wildman–Crippen MR) is 87.0 cm³/mol. The Labute approximate surface area is 132 Å². The molecule has 1 aromatic carbocycles. The number of hydrogen-bond donors (Lipinski definition) is 0. The first-order valence-corrected chi connectivity index (χ1v) is 8.56. The largest absolute Gasteiger partial charge is 0.343 e. The molecule has 1 aromatic rings. The first-order valence-electron chi connectivity index (χ1n) is 8.56. The van der Waals surface area contributed by atoms with E-state index < -0.39 is 0 Å². The number of likely N-dealkylation sites (tertiary alicyclic amines) is 1. The minimum atomic E-state index is 0.105. The van der Waals surface area contributed by atoms with E-state index in [-0.39, 0.29) is 11.7 Å². The van der Waals surface area contributed by atoms with Crippen LogP contribution in [0.25, 0.3) is 0 Å². The summed E-state index contributed by atoms with van der Waals surface area (Å²) < 4.78 is 0. The number of Topliss-reactive ketones (excluding diaryl/α,β-unsaturated/α-hetero) is 1. The van der Waals surface area contributed by atoms with E-state index in [4.69, 9.17) is 0 Å². The normalized spacial score (nSPS) is 18.3. The highest BCUT2D eigenvalue weighted by Crippen LogP contribution is 2.24. The summed E-state index contributed by atoms with van der Waals surface area (Å²) in [5.74, 6) is 0.965. The lowest BCUT2D eigenvalue weighted by molar-refractivity contribution is -0.132. The molecule has 2 aliphatic rings. The third kappa shape index (κ3) is 3.40. The van der Waals surface area contributed by atoms with Crippen LogP contribution in [0.2, 0.25) is 0 Å². The standard InChI is InChI=1S/C19H25NO2/c1-14-9-11-20(12-10-14)19(22)8-7-18(21)17-6-5-15-3-2-4-16(15)13-17/h5-6,13-14H,2-4,7-12H2,1H3. The molecule has 3 rings (SSSR count). The van der Waals surface area contributed by atoms with Gasteiger partial charge in [0.15, 0.2) is 5.78 Å². The van der Waals surface area contributed by atoms with Crippen molar-refractivity contribution in [3.05, 3.63) is 34.9 Å². The maximum atomic E-state index is 12.3. The predicted octanol–water partition coefficient (Wildman–Crippen LogP) is 3.40. The van der Waals surface area contributed by atoms with Gasteiger partial charge in [0, 0.05) is 31.5 Å². The minimum absolute atomic E-state index is 0.105. The third-order valence-electron chi connectivity index (χ3n) is 5.12. The highest BCUT2D eigenvalue weighted by atomic mass is 16.2. The highest BCUT2D eigenvalue weighted by molar-refractivity contribution is 5.98. The van der Waals surface area contributed by atoms with Gasteiger partial charge in [0.25, 0.3) is 0 Å². The Bertz CT molecular complexity index is 571. The zero-order chi connectivity index (χ0) is 15.5. The number of nitrogens with zero attached hydrogens (tertiary/aromatic N) is 1. The molecule has 0 atom stereocenters. The summed E-state index contributed by atoms with van der Waals surface area (Å²) in [6, 6.07) is 6.06. The van der Waals surface area contributed by atoms with Crippen molar-refractivity contribution < 1.29 is 9.59 Å². The van der Waals surface area contributed by atoms with Gasteiger partial charge in [-0.2, -0.15) is 0 Å². The van der Waals surface area contributed by atoms with Gasteiger partial charge < -0.3 is 4.90 Å². The van der Waals surface area contributed by atoms with Gasteiger partial charge >= 0.3 is 0 Å². The molecule has 1 saturated heterocycles. The fourth-order valence-corrected chi connectivity index (χ4v) is 3.53. The van der Waals surface area contributed by atoms with E-state index in [1.165, 1.54) is 17.5 Å². The average molecular weight is 299 g/mol. The first-order chi connectivity index (χ1) is 10.6. The van der Waals surface area contributed by atoms with Gasteiger partial charge in [-0.25, -0.2) is 0 Å². The molecule has 3 nitrogen and oxygen atoms in total. The molecule has 22 heavy (non-hydrogen) atoms. The molecule has 0 unspecified atom stereocenters. The lowest BCUT2D eigenvalue weighted by Crippen LogP contribution is -2.38. The van der Waals surface area contributed by atoms with Crippen LogP contribution < -0.4 is 0 Å². The van der Waals surface area contributed by atoms with Crippen molar-refractivity contribution in [1.29, 1.82) is 0 Å². The number of benzene rings is 1. The number of carbonyl (C=O) groups excluding carboxylic acids is 2. The van der Waals surface area contributed by atoms with Gasteiger partial charge in [-0.1, -0.05) is 19.1 Å². The van der Waals surface area contributed by atoms with Crippen molar-refractivity contribution in [2.24, 2.45) is 5.92 Å². The summed E-state index contributed by atoms with van der Waals surface area (Å²) in [4.78, 5) is 26.4. The van der Waals surface area contributed by atoms with E-state index in [2.05, 4.69) is 13.0 Å². The van der Waals surface area contributed by atoms with Crippen molar-refractivity contribution in [3.8, 4) is 0 Å². The monoisotopic (exact) mass is 299 g/mol. The molecule has 1 fully saturated rings. The number of piperidine rings is 1. The van der Waals surface area contributed by atoms with Gasteiger partial charge in [-0.3, -0.25) is 9.59 Å². The van der Waals surface area contributed by atoms with E-state index in [1.807, 2.05) is 17.0 Å². The number of aryl methyl sites for hydroxylation is 2. The van der Waals surface area contributed by atoms with Crippen molar-refractivity contribution in [2.45, 2.75) is 51.9 Å². The molecule has 0 spiro atoms. The Kier molecular flexibility index (Phi) is 4.60. The Hall–Kier alpha value is -1.64. The third-order valence-corrected chi connectivity index (χ3v) is 5.12. The average Bonchev–Trinajstić information content (AvgIpc) is 3.00. The van der Waals surface area contributed by atoms with Gasteiger partial charge in [0.1, 0.15) is 0 Å². The van der Waals surface area contributed by atoms with E-state index >= 15 is 0 Å². The molecule has 0 radical (unpaired) electrons. The summed E-state index contributed by atoms with van der Waals surface area (Å²) >= 11 is 0. The van der Waals surface area contributed by atoms with Crippen LogP contribution in [0.15, 0.2) is 18.2 Å². The fourth-order valence-electron chi connectivity index (χ4n) is 3.53. The second-order valence-electron chi connectivity index (χ2n) is 6.82. The van der Waals surface area contributed by atoms with Crippen LogP contribution >= 0.6 is 0 Å². The molecule has 0 saturated carbocycles. The van der Waals surface area contributed by atoms with Crippen LogP contribution in [-0.2, 0) is 17.6 Å². The molecule has 118 valence electrons. The smallest absolute Gasteiger partial charge is 0.223 e. The lowest BCUT2D eigenvalue weighted by atomic mass is 9.98. The Morgan fingerprint density at radius 1 is 1.09 bits per heavy atom. The molecule has 1 amide bonds. The van der Waals surface area contributed by atoms with Crippen LogP contribution in [0.1, 0.15) is 60.5 Å². The second kappa shape index (κ2) is 6.64. The van der Waals surface area contributed by atoms with Crippen LogP contribution in [-0.4, -0.2) is 29.7 Å². The van der Waals surface area contributed by atoms with Crippen LogP contribution in [0, 0.1) is 5.92 Å². The van der Waals surface area contributed by atoms with Gasteiger partial charge in [0.2, 0.25) is 5.91 Å². The fraction of sp³-hybridized carbons (Fsp3) is 0.579. The van der Waals surface area contributed by atoms with E-state index in [0.29, 0.717) is 12.8 Å². The van der Waals surface area contributed by atoms with Crippen LogP contribution in [0.4, 0.5) is 0 Å². The van der Waals surface area contributed by atoms with Crippen LogP contribution in [0.3, 0.4) is 0 Å². The molecule has 0 aromatic heterocycles. The number of ketones is 1. The van der Waals surface area contributed by atoms with E-state index in [0.717, 1.165) is 50.3 Å². The first kappa shape index (κ1) is 15.3. The van der Waals surface area contributed by atoms with Crippen molar-refractivity contribution >= 4 is 11.7 Å². The maximum Gasteiger partial charge on any atom is 0.223 e. The number of hydrogen-bond acceptors (Lipinski definition) is 2. The Balaban J connectivity index is 1.53. The molecule has 0 N–H and O–H groups in total. The van der Waals surface area contributed by atoms with E-state index in [9.17, 15) is 9.59 Å². The summed E-state index contributed by atoms with van der Waals surface area (Å²) in [7, 11) is 0. The van der Waals surface area contributed by atoms with Crippen LogP contribution in [0.5, 0.6) is 0 Å². The molecular formula is C19H25NO2. The summed E-state index contributed by atoms with van der Waals surface area (Å²) in [5, 5.41) is 0. The number of amides is 1. The lowest BCUT2D eigenvalue weighted by Gasteiger charge is -2.30.